The van der Waals surface area contributed by atoms with E-state index in [1.807, 2.05) is 27.0 Å². The van der Waals surface area contributed by atoms with Crippen LogP contribution < -0.4 is 10.0 Å². The van der Waals surface area contributed by atoms with E-state index in [1.54, 1.807) is 6.07 Å². The number of benzene rings is 1. The van der Waals surface area contributed by atoms with E-state index in [0.29, 0.717) is 18.0 Å². The molecule has 0 bridgehead atoms. The zero-order valence-electron chi connectivity index (χ0n) is 12.7. The van der Waals surface area contributed by atoms with Gasteiger partial charge in [-0.2, -0.15) is 0 Å². The number of aryl methyl sites for hydroxylation is 1. The van der Waals surface area contributed by atoms with Crippen LogP contribution in [0.5, 0.6) is 0 Å². The Morgan fingerprint density at radius 1 is 1.25 bits per heavy atom. The highest BCUT2D eigenvalue weighted by molar-refractivity contribution is 7.89. The smallest absolute Gasteiger partial charge is 0.240 e. The van der Waals surface area contributed by atoms with Gasteiger partial charge in [0.2, 0.25) is 10.0 Å². The minimum absolute atomic E-state index is 0.165. The Hall–Kier alpha value is -0.910. The van der Waals surface area contributed by atoms with Gasteiger partial charge in [-0.1, -0.05) is 13.0 Å². The van der Waals surface area contributed by atoms with Crippen molar-refractivity contribution in [2.75, 3.05) is 13.6 Å². The lowest BCUT2D eigenvalue weighted by atomic mass is 10.1. The van der Waals surface area contributed by atoms with Crippen molar-refractivity contribution in [1.82, 2.24) is 10.0 Å². The first-order chi connectivity index (χ1) is 9.27. The van der Waals surface area contributed by atoms with Gasteiger partial charge in [0.1, 0.15) is 0 Å². The van der Waals surface area contributed by atoms with Gasteiger partial charge in [-0.3, -0.25) is 0 Å². The van der Waals surface area contributed by atoms with Crippen LogP contribution in [-0.2, 0) is 16.6 Å². The SMILES string of the molecule is CNCc1cc(C)c(C)c(S(=O)(=O)NCC2(C)CC2)c1. The topological polar surface area (TPSA) is 58.2 Å². The van der Waals surface area contributed by atoms with Crippen LogP contribution in [0.3, 0.4) is 0 Å². The van der Waals surface area contributed by atoms with Gasteiger partial charge in [-0.25, -0.2) is 13.1 Å². The monoisotopic (exact) mass is 296 g/mol. The minimum atomic E-state index is -3.43. The van der Waals surface area contributed by atoms with Crippen LogP contribution in [0.1, 0.15) is 36.5 Å². The summed E-state index contributed by atoms with van der Waals surface area (Å²) in [4.78, 5) is 0.409. The van der Waals surface area contributed by atoms with E-state index in [2.05, 4.69) is 17.0 Å². The molecule has 0 aromatic heterocycles. The Labute approximate surface area is 122 Å². The molecule has 0 amide bonds. The second kappa shape index (κ2) is 5.47. The van der Waals surface area contributed by atoms with Gasteiger partial charge < -0.3 is 5.32 Å². The summed E-state index contributed by atoms with van der Waals surface area (Å²) in [7, 11) is -1.57. The Balaban J connectivity index is 2.29. The van der Waals surface area contributed by atoms with Crippen LogP contribution in [0.2, 0.25) is 0 Å². The van der Waals surface area contributed by atoms with Crippen LogP contribution in [0.4, 0.5) is 0 Å². The van der Waals surface area contributed by atoms with Gasteiger partial charge in [0.05, 0.1) is 4.90 Å². The minimum Gasteiger partial charge on any atom is -0.316 e. The molecule has 0 unspecified atom stereocenters. The molecule has 2 N–H and O–H groups in total. The van der Waals surface area contributed by atoms with E-state index < -0.39 is 10.0 Å². The largest absolute Gasteiger partial charge is 0.316 e. The van der Waals surface area contributed by atoms with E-state index in [4.69, 9.17) is 0 Å². The van der Waals surface area contributed by atoms with Crippen molar-refractivity contribution in [3.63, 3.8) is 0 Å². The molecule has 1 aromatic rings. The number of rotatable bonds is 6. The summed E-state index contributed by atoms with van der Waals surface area (Å²) in [6.45, 7) is 7.14. The molecule has 0 saturated heterocycles. The van der Waals surface area contributed by atoms with E-state index >= 15 is 0 Å². The lowest BCUT2D eigenvalue weighted by molar-refractivity contribution is 0.530. The second-order valence-corrected chi connectivity index (χ2v) is 7.94. The number of hydrogen-bond acceptors (Lipinski definition) is 3. The van der Waals surface area contributed by atoms with Crippen LogP contribution in [0, 0.1) is 19.3 Å². The second-order valence-electron chi connectivity index (χ2n) is 6.20. The van der Waals surface area contributed by atoms with Crippen LogP contribution in [0.25, 0.3) is 0 Å². The Morgan fingerprint density at radius 3 is 2.45 bits per heavy atom. The maximum atomic E-state index is 12.5. The van der Waals surface area contributed by atoms with Gasteiger partial charge >= 0.3 is 0 Å². The molecule has 0 aliphatic heterocycles. The van der Waals surface area contributed by atoms with Gasteiger partial charge in [0.25, 0.3) is 0 Å². The lowest BCUT2D eigenvalue weighted by Crippen LogP contribution is -2.30. The molecule has 1 aliphatic carbocycles. The third kappa shape index (κ3) is 3.40. The highest BCUT2D eigenvalue weighted by Crippen LogP contribution is 2.44. The van der Waals surface area contributed by atoms with Crippen molar-refractivity contribution in [1.29, 1.82) is 0 Å². The number of sulfonamides is 1. The maximum Gasteiger partial charge on any atom is 0.240 e. The molecule has 112 valence electrons. The normalized spacial score (nSPS) is 17.2. The third-order valence-electron chi connectivity index (χ3n) is 4.14. The lowest BCUT2D eigenvalue weighted by Gasteiger charge is -2.15. The van der Waals surface area contributed by atoms with Gasteiger partial charge in [0, 0.05) is 13.1 Å². The summed E-state index contributed by atoms with van der Waals surface area (Å²) < 4.78 is 27.8. The fraction of sp³-hybridized carbons (Fsp3) is 0.600. The highest BCUT2D eigenvalue weighted by atomic mass is 32.2. The predicted octanol–water partition coefficient (Wildman–Crippen LogP) is 2.10. The van der Waals surface area contributed by atoms with Crippen LogP contribution in [-0.4, -0.2) is 22.0 Å². The fourth-order valence-corrected chi connectivity index (χ4v) is 3.79. The molecular weight excluding hydrogens is 272 g/mol. The molecule has 20 heavy (non-hydrogen) atoms. The fourth-order valence-electron chi connectivity index (χ4n) is 2.22. The zero-order chi connectivity index (χ0) is 15.0. The molecule has 0 heterocycles. The predicted molar refractivity (Wildman–Crippen MR) is 81.2 cm³/mol. The molecule has 0 radical (unpaired) electrons. The molecule has 4 nitrogen and oxygen atoms in total. The average Bonchev–Trinajstić information content (AvgIpc) is 3.10. The van der Waals surface area contributed by atoms with Gasteiger partial charge in [-0.05, 0) is 61.9 Å². The van der Waals surface area contributed by atoms with Crippen LogP contribution >= 0.6 is 0 Å². The van der Waals surface area contributed by atoms with E-state index in [-0.39, 0.29) is 5.41 Å². The summed E-state index contributed by atoms with van der Waals surface area (Å²) in [5, 5.41) is 3.06. The third-order valence-corrected chi connectivity index (χ3v) is 5.67. The highest BCUT2D eigenvalue weighted by Gasteiger charge is 2.38. The van der Waals surface area contributed by atoms with Crippen molar-refractivity contribution in [3.05, 3.63) is 28.8 Å². The average molecular weight is 296 g/mol. The molecule has 1 fully saturated rings. The summed E-state index contributed by atoms with van der Waals surface area (Å²) >= 11 is 0. The number of hydrogen-bond donors (Lipinski definition) is 2. The van der Waals surface area contributed by atoms with E-state index in [0.717, 1.165) is 29.5 Å². The summed E-state index contributed by atoms with van der Waals surface area (Å²) in [6, 6.07) is 3.81. The Bertz CT molecular complexity index is 605. The van der Waals surface area contributed by atoms with E-state index in [9.17, 15) is 8.42 Å². The van der Waals surface area contributed by atoms with Crippen molar-refractivity contribution in [2.45, 2.75) is 45.1 Å². The number of nitrogens with one attached hydrogen (secondary N) is 2. The zero-order valence-corrected chi connectivity index (χ0v) is 13.5. The molecule has 1 aliphatic rings. The van der Waals surface area contributed by atoms with Crippen molar-refractivity contribution >= 4 is 10.0 Å². The van der Waals surface area contributed by atoms with Crippen molar-refractivity contribution in [3.8, 4) is 0 Å². The molecule has 0 atom stereocenters. The first-order valence-corrected chi connectivity index (χ1v) is 8.50. The van der Waals surface area contributed by atoms with E-state index in [1.165, 1.54) is 0 Å². The quantitative estimate of drug-likeness (QED) is 0.845. The first kappa shape index (κ1) is 15.5. The first-order valence-electron chi connectivity index (χ1n) is 7.02. The Morgan fingerprint density at radius 2 is 1.90 bits per heavy atom. The maximum absolute atomic E-state index is 12.5. The molecule has 0 spiro atoms. The van der Waals surface area contributed by atoms with Crippen molar-refractivity contribution in [2.24, 2.45) is 5.41 Å². The molecule has 2 rings (SSSR count). The summed E-state index contributed by atoms with van der Waals surface area (Å²) in [6.07, 6.45) is 2.21. The molecule has 5 heteroatoms. The summed E-state index contributed by atoms with van der Waals surface area (Å²) in [5.74, 6) is 0. The van der Waals surface area contributed by atoms with Gasteiger partial charge in [0.15, 0.2) is 0 Å². The summed E-state index contributed by atoms with van der Waals surface area (Å²) in [5.41, 5.74) is 3.00. The molecule has 1 saturated carbocycles. The standard InChI is InChI=1S/C15H24N2O2S/c1-11-7-13(9-16-4)8-14(12(11)2)20(18,19)17-10-15(3)5-6-15/h7-8,16-17H,5-6,9-10H2,1-4H3. The molecule has 1 aromatic carbocycles. The van der Waals surface area contributed by atoms with Gasteiger partial charge in [-0.15, -0.1) is 0 Å². The molecular formula is C15H24N2O2S. The Kier molecular flexibility index (Phi) is 4.23. The van der Waals surface area contributed by atoms with Crippen LogP contribution in [0.15, 0.2) is 17.0 Å². The van der Waals surface area contributed by atoms with Crippen molar-refractivity contribution < 1.29 is 8.42 Å².